The van der Waals surface area contributed by atoms with Crippen molar-refractivity contribution >= 4 is 33.2 Å². The number of carbonyl (C=O) groups is 1. The van der Waals surface area contributed by atoms with Crippen molar-refractivity contribution in [1.82, 2.24) is 9.73 Å². The van der Waals surface area contributed by atoms with Gasteiger partial charge in [-0.1, -0.05) is 24.1 Å². The highest BCUT2D eigenvalue weighted by atomic mass is 35.5. The molecule has 2 N–H and O–H groups in total. The Bertz CT molecular complexity index is 1170. The monoisotopic (exact) mass is 461 g/mol. The van der Waals surface area contributed by atoms with Gasteiger partial charge >= 0.3 is 0 Å². The van der Waals surface area contributed by atoms with E-state index in [9.17, 15) is 18.3 Å². The summed E-state index contributed by atoms with van der Waals surface area (Å²) < 4.78 is 27.3. The first-order valence-electron chi connectivity index (χ1n) is 10.3. The molecule has 1 aliphatic heterocycles. The number of hydrogen-bond acceptors (Lipinski definition) is 5. The number of hydrogen-bond donors (Lipinski definition) is 2. The number of rotatable bonds is 4. The average Bonchev–Trinajstić information content (AvgIpc) is 3.21. The van der Waals surface area contributed by atoms with Gasteiger partial charge in [-0.3, -0.25) is 4.79 Å². The molecule has 7 nitrogen and oxygen atoms in total. The number of piperidine rings is 1. The minimum Gasteiger partial charge on any atom is -0.507 e. The molecule has 1 heterocycles. The van der Waals surface area contributed by atoms with Gasteiger partial charge in [0.2, 0.25) is 10.0 Å². The highest BCUT2D eigenvalue weighted by Crippen LogP contribution is 2.37. The van der Waals surface area contributed by atoms with Crippen molar-refractivity contribution in [2.75, 3.05) is 13.1 Å². The molecule has 2 aromatic rings. The molecule has 1 amide bonds. The van der Waals surface area contributed by atoms with Crippen LogP contribution in [0.25, 0.3) is 0 Å². The molecule has 0 bridgehead atoms. The smallest absolute Gasteiger partial charge is 0.271 e. The normalized spacial score (nSPS) is 18.2. The van der Waals surface area contributed by atoms with E-state index in [1.807, 2.05) is 0 Å². The van der Waals surface area contributed by atoms with Gasteiger partial charge in [0.25, 0.3) is 5.91 Å². The fourth-order valence-electron chi connectivity index (χ4n) is 4.08. The van der Waals surface area contributed by atoms with Gasteiger partial charge in [0.15, 0.2) is 0 Å². The van der Waals surface area contributed by atoms with Gasteiger partial charge in [-0.15, -0.1) is 0 Å². The summed E-state index contributed by atoms with van der Waals surface area (Å²) in [5.74, 6) is -0.408. The van der Waals surface area contributed by atoms with Crippen LogP contribution in [0.15, 0.2) is 40.3 Å². The highest BCUT2D eigenvalue weighted by molar-refractivity contribution is 7.89. The first-order chi connectivity index (χ1) is 14.8. The second-order valence-corrected chi connectivity index (χ2v) is 10.2. The van der Waals surface area contributed by atoms with E-state index in [1.54, 1.807) is 25.1 Å². The number of aryl methyl sites for hydroxylation is 1. The summed E-state index contributed by atoms with van der Waals surface area (Å²) >= 11 is 6.28. The molecule has 0 radical (unpaired) electrons. The predicted molar refractivity (Wildman–Crippen MR) is 119 cm³/mol. The molecule has 0 spiro atoms. The van der Waals surface area contributed by atoms with Crippen molar-refractivity contribution in [3.8, 4) is 5.75 Å². The zero-order valence-corrected chi connectivity index (χ0v) is 18.8. The SMILES string of the molecule is Cc1cc(Cl)c2c(c1O)/C(=N/NC(=O)c1cccc(S(=O)(=O)N3CCCCC3)c1)CC2. The summed E-state index contributed by atoms with van der Waals surface area (Å²) in [5, 5.41) is 15.2. The molecule has 1 fully saturated rings. The van der Waals surface area contributed by atoms with E-state index in [2.05, 4.69) is 10.5 Å². The van der Waals surface area contributed by atoms with E-state index >= 15 is 0 Å². The number of amides is 1. The minimum atomic E-state index is -3.63. The number of nitrogens with zero attached hydrogens (tertiary/aromatic N) is 2. The summed E-state index contributed by atoms with van der Waals surface area (Å²) in [6, 6.07) is 7.69. The third-order valence-corrected chi connectivity index (χ3v) is 8.02. The van der Waals surface area contributed by atoms with Crippen LogP contribution in [0.3, 0.4) is 0 Å². The van der Waals surface area contributed by atoms with Gasteiger partial charge in [-0.2, -0.15) is 9.41 Å². The fraction of sp³-hybridized carbons (Fsp3) is 0.364. The molecular weight excluding hydrogens is 438 g/mol. The van der Waals surface area contributed by atoms with Crippen molar-refractivity contribution < 1.29 is 18.3 Å². The summed E-state index contributed by atoms with van der Waals surface area (Å²) in [4.78, 5) is 12.8. The Morgan fingerprint density at radius 3 is 2.65 bits per heavy atom. The van der Waals surface area contributed by atoms with Crippen LogP contribution in [0.1, 0.15) is 52.7 Å². The van der Waals surface area contributed by atoms with E-state index in [0.29, 0.717) is 47.8 Å². The van der Waals surface area contributed by atoms with Gasteiger partial charge < -0.3 is 5.11 Å². The maximum atomic E-state index is 12.9. The molecule has 31 heavy (non-hydrogen) atoms. The number of benzene rings is 2. The molecule has 0 aromatic heterocycles. The van der Waals surface area contributed by atoms with Crippen LogP contribution in [0.5, 0.6) is 5.75 Å². The first-order valence-corrected chi connectivity index (χ1v) is 12.1. The molecule has 4 rings (SSSR count). The van der Waals surface area contributed by atoms with Gasteiger partial charge in [0.1, 0.15) is 5.75 Å². The Morgan fingerprint density at radius 1 is 1.16 bits per heavy atom. The van der Waals surface area contributed by atoms with Gasteiger partial charge in [-0.05, 0) is 68.0 Å². The van der Waals surface area contributed by atoms with E-state index < -0.39 is 15.9 Å². The second-order valence-electron chi connectivity index (χ2n) is 7.87. The number of sulfonamides is 1. The summed E-state index contributed by atoms with van der Waals surface area (Å²) in [6.07, 6.45) is 3.87. The molecule has 164 valence electrons. The van der Waals surface area contributed by atoms with Crippen LogP contribution in [0, 0.1) is 6.92 Å². The van der Waals surface area contributed by atoms with Crippen molar-refractivity contribution in [2.45, 2.75) is 43.9 Å². The maximum Gasteiger partial charge on any atom is 0.271 e. The molecule has 2 aliphatic rings. The molecular formula is C22H24ClN3O4S. The van der Waals surface area contributed by atoms with E-state index in [1.165, 1.54) is 16.4 Å². The van der Waals surface area contributed by atoms with Crippen LogP contribution >= 0.6 is 11.6 Å². The number of fused-ring (bicyclic) bond motifs is 1. The number of halogens is 1. The molecule has 2 aromatic carbocycles. The molecule has 0 atom stereocenters. The topological polar surface area (TPSA) is 99.1 Å². The Hall–Kier alpha value is -2.42. The molecule has 1 aliphatic carbocycles. The number of nitrogens with one attached hydrogen (secondary N) is 1. The molecule has 1 saturated heterocycles. The Kier molecular flexibility index (Phi) is 6.05. The lowest BCUT2D eigenvalue weighted by Gasteiger charge is -2.25. The predicted octanol–water partition coefficient (Wildman–Crippen LogP) is 3.61. The maximum absolute atomic E-state index is 12.9. The zero-order chi connectivity index (χ0) is 22.2. The lowest BCUT2D eigenvalue weighted by Crippen LogP contribution is -2.35. The fourth-order valence-corrected chi connectivity index (χ4v) is 5.99. The Labute approximate surface area is 186 Å². The minimum absolute atomic E-state index is 0.0981. The van der Waals surface area contributed by atoms with E-state index in [-0.39, 0.29) is 16.2 Å². The zero-order valence-electron chi connectivity index (χ0n) is 17.2. The number of phenols is 1. The van der Waals surface area contributed by atoms with Crippen molar-refractivity contribution in [2.24, 2.45) is 5.10 Å². The first kappa shape index (κ1) is 21.8. The Morgan fingerprint density at radius 2 is 1.90 bits per heavy atom. The largest absolute Gasteiger partial charge is 0.507 e. The van der Waals surface area contributed by atoms with Gasteiger partial charge in [0.05, 0.1) is 10.6 Å². The second kappa shape index (κ2) is 8.61. The van der Waals surface area contributed by atoms with Crippen LogP contribution in [-0.2, 0) is 16.4 Å². The summed E-state index contributed by atoms with van der Waals surface area (Å²) in [5.41, 5.74) is 5.25. The number of aromatic hydroxyl groups is 1. The van der Waals surface area contributed by atoms with Crippen LogP contribution in [0.2, 0.25) is 5.02 Å². The third kappa shape index (κ3) is 4.20. The van der Waals surface area contributed by atoms with Gasteiger partial charge in [-0.25, -0.2) is 13.8 Å². The van der Waals surface area contributed by atoms with Crippen molar-refractivity contribution in [3.63, 3.8) is 0 Å². The average molecular weight is 462 g/mol. The molecule has 0 unspecified atom stereocenters. The number of phenolic OH excluding ortho intramolecular Hbond substituents is 1. The van der Waals surface area contributed by atoms with Crippen LogP contribution in [0.4, 0.5) is 0 Å². The standard InChI is InChI=1S/C22H24ClN3O4S/c1-14-12-18(23)17-8-9-19(20(17)21(14)27)24-25-22(28)15-6-5-7-16(13-15)31(29,30)26-10-3-2-4-11-26/h5-7,12-13,27H,2-4,8-11H2,1H3,(H,25,28)/b24-19+. The van der Waals surface area contributed by atoms with Crippen LogP contribution in [-0.4, -0.2) is 42.5 Å². The lowest BCUT2D eigenvalue weighted by molar-refractivity contribution is 0.0954. The molecule has 9 heteroatoms. The third-order valence-electron chi connectivity index (χ3n) is 5.79. The van der Waals surface area contributed by atoms with Crippen molar-refractivity contribution in [1.29, 1.82) is 0 Å². The van der Waals surface area contributed by atoms with Crippen LogP contribution < -0.4 is 5.43 Å². The van der Waals surface area contributed by atoms with E-state index in [0.717, 1.165) is 24.8 Å². The quantitative estimate of drug-likeness (QED) is 0.679. The van der Waals surface area contributed by atoms with E-state index in [4.69, 9.17) is 11.6 Å². The summed E-state index contributed by atoms with van der Waals surface area (Å²) in [6.45, 7) is 2.75. The summed E-state index contributed by atoms with van der Waals surface area (Å²) in [7, 11) is -3.63. The Balaban J connectivity index is 1.56. The van der Waals surface area contributed by atoms with Crippen molar-refractivity contribution in [3.05, 3.63) is 57.6 Å². The number of hydrazone groups is 1. The lowest BCUT2D eigenvalue weighted by atomic mass is 10.0. The molecule has 0 saturated carbocycles. The van der Waals surface area contributed by atoms with Gasteiger partial charge in [0, 0.05) is 29.2 Å². The highest BCUT2D eigenvalue weighted by Gasteiger charge is 2.27. The number of carbonyl (C=O) groups excluding carboxylic acids is 1.